The summed E-state index contributed by atoms with van der Waals surface area (Å²) in [4.78, 5) is 0. The van der Waals surface area contributed by atoms with Gasteiger partial charge in [0, 0.05) is 0 Å². The zero-order valence-corrected chi connectivity index (χ0v) is 14.5. The highest BCUT2D eigenvalue weighted by Crippen LogP contribution is 2.44. The van der Waals surface area contributed by atoms with Crippen molar-refractivity contribution in [1.82, 2.24) is 0 Å². The van der Waals surface area contributed by atoms with Crippen molar-refractivity contribution in [1.29, 1.82) is 0 Å². The molecule has 2 aliphatic rings. The van der Waals surface area contributed by atoms with Crippen LogP contribution in [0.1, 0.15) is 75.3 Å². The lowest BCUT2D eigenvalue weighted by atomic mass is 9.68. The summed E-state index contributed by atoms with van der Waals surface area (Å²) in [7, 11) is 0. The topological polar surface area (TPSA) is 0 Å². The van der Waals surface area contributed by atoms with Crippen molar-refractivity contribution >= 4 is 0 Å². The number of benzene rings is 1. The van der Waals surface area contributed by atoms with E-state index in [0.717, 1.165) is 30.5 Å². The van der Waals surface area contributed by atoms with Crippen molar-refractivity contribution in [3.8, 4) is 0 Å². The first-order valence-electron chi connectivity index (χ1n) is 9.65. The normalized spacial score (nSPS) is 32.3. The molecule has 0 aliphatic heterocycles. The van der Waals surface area contributed by atoms with E-state index in [9.17, 15) is 4.39 Å². The van der Waals surface area contributed by atoms with Crippen LogP contribution in [0.15, 0.2) is 36.7 Å². The van der Waals surface area contributed by atoms with Gasteiger partial charge in [0.15, 0.2) is 0 Å². The number of aryl methyl sites for hydroxylation is 1. The molecule has 1 aromatic rings. The minimum Gasteiger partial charge on any atom is -0.216 e. The fourth-order valence-electron chi connectivity index (χ4n) is 4.86. The Morgan fingerprint density at radius 3 is 1.96 bits per heavy atom. The maximum atomic E-state index is 12.3. The van der Waals surface area contributed by atoms with Gasteiger partial charge in [-0.2, -0.15) is 0 Å². The fourth-order valence-corrected chi connectivity index (χ4v) is 4.86. The molecule has 1 aromatic carbocycles. The average molecular weight is 314 g/mol. The Morgan fingerprint density at radius 2 is 1.43 bits per heavy atom. The van der Waals surface area contributed by atoms with E-state index in [1.807, 2.05) is 0 Å². The van der Waals surface area contributed by atoms with E-state index in [-0.39, 0.29) is 0 Å². The summed E-state index contributed by atoms with van der Waals surface area (Å²) < 4.78 is 12.3. The molecule has 2 aliphatic carbocycles. The van der Waals surface area contributed by atoms with Crippen LogP contribution >= 0.6 is 0 Å². The van der Waals surface area contributed by atoms with Crippen molar-refractivity contribution in [2.24, 2.45) is 17.8 Å². The van der Waals surface area contributed by atoms with Gasteiger partial charge < -0.3 is 0 Å². The molecule has 23 heavy (non-hydrogen) atoms. The Bertz CT molecular complexity index is 485. The van der Waals surface area contributed by atoms with Gasteiger partial charge in [-0.25, -0.2) is 4.39 Å². The third kappa shape index (κ3) is 4.25. The second-order valence-electron chi connectivity index (χ2n) is 7.70. The maximum absolute atomic E-state index is 12.3. The van der Waals surface area contributed by atoms with Crippen molar-refractivity contribution in [2.75, 3.05) is 0 Å². The van der Waals surface area contributed by atoms with Crippen molar-refractivity contribution in [2.45, 2.75) is 70.6 Å². The lowest BCUT2D eigenvalue weighted by molar-refractivity contribution is 0.171. The molecule has 1 heteroatoms. The van der Waals surface area contributed by atoms with Crippen LogP contribution in [-0.2, 0) is 6.42 Å². The minimum absolute atomic E-state index is 0.504. The van der Waals surface area contributed by atoms with E-state index in [2.05, 4.69) is 31.2 Å². The zero-order valence-electron chi connectivity index (χ0n) is 14.5. The molecule has 0 bridgehead atoms. The molecule has 126 valence electrons. The quantitative estimate of drug-likeness (QED) is 0.572. The molecule has 0 radical (unpaired) electrons. The molecular weight excluding hydrogens is 283 g/mol. The number of hydrogen-bond donors (Lipinski definition) is 0. The van der Waals surface area contributed by atoms with Crippen LogP contribution in [-0.4, -0.2) is 0 Å². The lowest BCUT2D eigenvalue weighted by Crippen LogP contribution is -2.25. The molecule has 0 unspecified atom stereocenters. The standard InChI is InChI=1S/C22H31F/c1-2-17-3-7-19(8-4-17)21-11-13-22(14-12-21)20-9-5-18(6-10-20)15-16-23/h3-4,7-8,15-16,18,20-22H,2,5-6,9-14H2,1H3/b16-15+. The van der Waals surface area contributed by atoms with Gasteiger partial charge in [-0.1, -0.05) is 37.3 Å². The van der Waals surface area contributed by atoms with Gasteiger partial charge in [0.1, 0.15) is 0 Å². The highest BCUT2D eigenvalue weighted by atomic mass is 19.1. The molecule has 0 saturated heterocycles. The summed E-state index contributed by atoms with van der Waals surface area (Å²) in [6.07, 6.45) is 14.2. The highest BCUT2D eigenvalue weighted by molar-refractivity contribution is 5.25. The number of allylic oxidation sites excluding steroid dienone is 1. The zero-order chi connectivity index (χ0) is 16.1. The van der Waals surface area contributed by atoms with Crippen LogP contribution in [0.4, 0.5) is 4.39 Å². The Morgan fingerprint density at radius 1 is 0.870 bits per heavy atom. The van der Waals surface area contributed by atoms with Crippen molar-refractivity contribution in [3.05, 3.63) is 47.8 Å². The predicted molar refractivity (Wildman–Crippen MR) is 96.2 cm³/mol. The summed E-state index contributed by atoms with van der Waals surface area (Å²) in [5.41, 5.74) is 3.00. The Kier molecular flexibility index (Phi) is 5.91. The highest BCUT2D eigenvalue weighted by Gasteiger charge is 2.30. The van der Waals surface area contributed by atoms with Crippen molar-refractivity contribution in [3.63, 3.8) is 0 Å². The van der Waals surface area contributed by atoms with Crippen LogP contribution in [0.2, 0.25) is 0 Å². The third-order valence-corrected chi connectivity index (χ3v) is 6.46. The molecule has 0 amide bonds. The van der Waals surface area contributed by atoms with Crippen molar-refractivity contribution < 1.29 is 4.39 Å². The summed E-state index contributed by atoms with van der Waals surface area (Å²) in [5, 5.41) is 0. The summed E-state index contributed by atoms with van der Waals surface area (Å²) >= 11 is 0. The number of halogens is 1. The second kappa shape index (κ2) is 8.13. The first-order valence-corrected chi connectivity index (χ1v) is 9.65. The van der Waals surface area contributed by atoms with Gasteiger partial charge in [-0.3, -0.25) is 0 Å². The van der Waals surface area contributed by atoms with E-state index in [0.29, 0.717) is 5.92 Å². The molecule has 0 spiro atoms. The van der Waals surface area contributed by atoms with Crippen LogP contribution in [0, 0.1) is 17.8 Å². The Hall–Kier alpha value is -1.11. The molecule has 0 N–H and O–H groups in total. The summed E-state index contributed by atoms with van der Waals surface area (Å²) in [6.45, 7) is 2.22. The minimum atomic E-state index is 0.504. The van der Waals surface area contributed by atoms with Gasteiger partial charge in [-0.05, 0) is 92.6 Å². The van der Waals surface area contributed by atoms with E-state index in [1.165, 1.54) is 56.9 Å². The average Bonchev–Trinajstić information content (AvgIpc) is 2.63. The largest absolute Gasteiger partial charge is 0.216 e. The lowest BCUT2D eigenvalue weighted by Gasteiger charge is -2.37. The van der Waals surface area contributed by atoms with E-state index >= 15 is 0 Å². The first-order chi connectivity index (χ1) is 11.3. The van der Waals surface area contributed by atoms with E-state index < -0.39 is 0 Å². The van der Waals surface area contributed by atoms with Crippen LogP contribution < -0.4 is 0 Å². The monoisotopic (exact) mass is 314 g/mol. The SMILES string of the molecule is CCc1ccc(C2CCC(C3CCC(/C=C/F)CC3)CC2)cc1. The van der Waals surface area contributed by atoms with Crippen LogP contribution in [0.25, 0.3) is 0 Å². The van der Waals surface area contributed by atoms with Crippen LogP contribution in [0.3, 0.4) is 0 Å². The first kappa shape index (κ1) is 16.7. The molecule has 0 aromatic heterocycles. The van der Waals surface area contributed by atoms with Gasteiger partial charge in [0.05, 0.1) is 6.33 Å². The molecule has 0 heterocycles. The molecule has 2 saturated carbocycles. The summed E-state index contributed by atoms with van der Waals surface area (Å²) in [5.74, 6) is 3.12. The van der Waals surface area contributed by atoms with E-state index in [4.69, 9.17) is 0 Å². The predicted octanol–water partition coefficient (Wildman–Crippen LogP) is 6.81. The fraction of sp³-hybridized carbons (Fsp3) is 0.636. The van der Waals surface area contributed by atoms with Gasteiger partial charge in [-0.15, -0.1) is 0 Å². The molecule has 0 nitrogen and oxygen atoms in total. The molecule has 3 rings (SSSR count). The molecular formula is C22H31F. The van der Waals surface area contributed by atoms with E-state index in [1.54, 1.807) is 11.6 Å². The third-order valence-electron chi connectivity index (χ3n) is 6.46. The Balaban J connectivity index is 1.48. The number of hydrogen-bond acceptors (Lipinski definition) is 0. The molecule has 0 atom stereocenters. The molecule has 2 fully saturated rings. The Labute approximate surface area is 141 Å². The van der Waals surface area contributed by atoms with Gasteiger partial charge in [0.25, 0.3) is 0 Å². The van der Waals surface area contributed by atoms with Crippen LogP contribution in [0.5, 0.6) is 0 Å². The summed E-state index contributed by atoms with van der Waals surface area (Å²) in [6, 6.07) is 9.33. The van der Waals surface area contributed by atoms with Gasteiger partial charge in [0.2, 0.25) is 0 Å². The van der Waals surface area contributed by atoms with Gasteiger partial charge >= 0.3 is 0 Å². The number of rotatable bonds is 4. The maximum Gasteiger partial charge on any atom is 0.0829 e. The smallest absolute Gasteiger partial charge is 0.0829 e. The second-order valence-corrected chi connectivity index (χ2v) is 7.70.